The van der Waals surface area contributed by atoms with Gasteiger partial charge in [-0.15, -0.1) is 0 Å². The van der Waals surface area contributed by atoms with Crippen molar-refractivity contribution >= 4 is 0 Å². The highest BCUT2D eigenvalue weighted by atomic mass is 16.3. The van der Waals surface area contributed by atoms with Gasteiger partial charge in [-0.25, -0.2) is 0 Å². The minimum absolute atomic E-state index is 0.0104. The first-order valence-electron chi connectivity index (χ1n) is 9.47. The van der Waals surface area contributed by atoms with Crippen LogP contribution in [0.4, 0.5) is 0 Å². The largest absolute Gasteiger partial charge is 0.504 e. The summed E-state index contributed by atoms with van der Waals surface area (Å²) in [5.41, 5.74) is 3.61. The molecule has 0 radical (unpaired) electrons. The van der Waals surface area contributed by atoms with Crippen LogP contribution in [0.2, 0.25) is 0 Å². The van der Waals surface area contributed by atoms with Crippen molar-refractivity contribution in [1.29, 1.82) is 0 Å². The van der Waals surface area contributed by atoms with Crippen molar-refractivity contribution in [2.24, 2.45) is 0 Å². The Hall–Kier alpha value is -2.00. The van der Waals surface area contributed by atoms with Crippen LogP contribution in [-0.2, 0) is 6.42 Å². The molecule has 3 nitrogen and oxygen atoms in total. The van der Waals surface area contributed by atoms with Gasteiger partial charge >= 0.3 is 0 Å². The Kier molecular flexibility index (Phi) is 5.64. The maximum atomic E-state index is 10.0. The Morgan fingerprint density at radius 2 is 1.60 bits per heavy atom. The molecule has 2 atom stereocenters. The molecular formula is C22H29NO2. The van der Waals surface area contributed by atoms with Crippen LogP contribution < -0.4 is 0 Å². The molecule has 1 aliphatic carbocycles. The number of phenolic OH excluding ortho intramolecular Hbond substituents is 2. The lowest BCUT2D eigenvalue weighted by atomic mass is 9.76. The van der Waals surface area contributed by atoms with Gasteiger partial charge in [0.1, 0.15) is 0 Å². The standard InChI is InChI=1S/C22H29NO2/c1-3-10-23(11-4-2)18-12-17-13-21(24)22(25)15-20(17)19(14-18)16-8-6-5-7-9-16/h5-9,13,15,18-19,24-25H,3-4,10-12,14H2,1-2H3/t18-,19+/m0/s1. The predicted octanol–water partition coefficient (Wildman–Crippen LogP) is 4.67. The lowest BCUT2D eigenvalue weighted by Gasteiger charge is -2.39. The van der Waals surface area contributed by atoms with E-state index in [0.717, 1.165) is 49.9 Å². The van der Waals surface area contributed by atoms with Gasteiger partial charge in [-0.1, -0.05) is 44.2 Å². The summed E-state index contributed by atoms with van der Waals surface area (Å²) in [6, 6.07) is 14.5. The predicted molar refractivity (Wildman–Crippen MR) is 102 cm³/mol. The topological polar surface area (TPSA) is 43.7 Å². The first-order valence-corrected chi connectivity index (χ1v) is 9.47. The highest BCUT2D eigenvalue weighted by Gasteiger charge is 2.31. The highest BCUT2D eigenvalue weighted by Crippen LogP contribution is 2.42. The molecule has 0 aromatic heterocycles. The summed E-state index contributed by atoms with van der Waals surface area (Å²) in [5.74, 6) is 0.235. The molecule has 0 fully saturated rings. The van der Waals surface area contributed by atoms with Crippen molar-refractivity contribution < 1.29 is 10.2 Å². The lowest BCUT2D eigenvalue weighted by molar-refractivity contribution is 0.174. The van der Waals surface area contributed by atoms with Gasteiger partial charge in [0.05, 0.1) is 0 Å². The second kappa shape index (κ2) is 7.92. The zero-order valence-electron chi connectivity index (χ0n) is 15.3. The third-order valence-electron chi connectivity index (χ3n) is 5.32. The molecule has 0 aliphatic heterocycles. The van der Waals surface area contributed by atoms with E-state index in [9.17, 15) is 10.2 Å². The highest BCUT2D eigenvalue weighted by molar-refractivity contribution is 5.51. The van der Waals surface area contributed by atoms with E-state index in [0.29, 0.717) is 6.04 Å². The number of hydrogen-bond donors (Lipinski definition) is 2. The van der Waals surface area contributed by atoms with E-state index in [1.54, 1.807) is 12.1 Å². The smallest absolute Gasteiger partial charge is 0.157 e. The fourth-order valence-corrected chi connectivity index (χ4v) is 4.20. The van der Waals surface area contributed by atoms with Gasteiger partial charge in [-0.3, -0.25) is 0 Å². The fourth-order valence-electron chi connectivity index (χ4n) is 4.20. The van der Waals surface area contributed by atoms with Crippen LogP contribution in [-0.4, -0.2) is 34.2 Å². The number of benzene rings is 2. The molecule has 25 heavy (non-hydrogen) atoms. The number of nitrogens with zero attached hydrogens (tertiary/aromatic N) is 1. The molecule has 0 bridgehead atoms. The van der Waals surface area contributed by atoms with Crippen LogP contribution in [0, 0.1) is 0 Å². The first kappa shape index (κ1) is 17.8. The van der Waals surface area contributed by atoms with E-state index in [1.807, 2.05) is 6.07 Å². The normalized spacial score (nSPS) is 19.8. The summed E-state index contributed by atoms with van der Waals surface area (Å²) < 4.78 is 0. The van der Waals surface area contributed by atoms with Gasteiger partial charge in [-0.2, -0.15) is 0 Å². The average molecular weight is 339 g/mol. The maximum Gasteiger partial charge on any atom is 0.157 e. The van der Waals surface area contributed by atoms with E-state index >= 15 is 0 Å². The zero-order chi connectivity index (χ0) is 17.8. The lowest BCUT2D eigenvalue weighted by Crippen LogP contribution is -2.41. The second-order valence-electron chi connectivity index (χ2n) is 7.13. The van der Waals surface area contributed by atoms with Gasteiger partial charge < -0.3 is 15.1 Å². The monoisotopic (exact) mass is 339 g/mol. The summed E-state index contributed by atoms with van der Waals surface area (Å²) >= 11 is 0. The Labute approximate surface area is 150 Å². The molecular weight excluding hydrogens is 310 g/mol. The molecule has 2 N–H and O–H groups in total. The minimum Gasteiger partial charge on any atom is -0.504 e. The number of hydrogen-bond acceptors (Lipinski definition) is 3. The molecule has 0 saturated carbocycles. The van der Waals surface area contributed by atoms with Gasteiger partial charge in [0.25, 0.3) is 0 Å². The second-order valence-corrected chi connectivity index (χ2v) is 7.13. The van der Waals surface area contributed by atoms with E-state index in [1.165, 1.54) is 5.56 Å². The van der Waals surface area contributed by atoms with Crippen molar-refractivity contribution in [3.63, 3.8) is 0 Å². The quantitative estimate of drug-likeness (QED) is 0.752. The van der Waals surface area contributed by atoms with E-state index in [2.05, 4.69) is 43.0 Å². The first-order chi connectivity index (χ1) is 12.1. The number of fused-ring (bicyclic) bond motifs is 1. The van der Waals surface area contributed by atoms with Gasteiger partial charge in [-0.05, 0) is 67.6 Å². The van der Waals surface area contributed by atoms with Crippen LogP contribution in [0.3, 0.4) is 0 Å². The molecule has 0 spiro atoms. The van der Waals surface area contributed by atoms with Crippen molar-refractivity contribution in [1.82, 2.24) is 4.90 Å². The molecule has 0 saturated heterocycles. The number of phenols is 2. The summed E-state index contributed by atoms with van der Waals surface area (Å²) in [5, 5.41) is 20.0. The van der Waals surface area contributed by atoms with Gasteiger partial charge in [0, 0.05) is 12.0 Å². The molecule has 2 aromatic rings. The van der Waals surface area contributed by atoms with Gasteiger partial charge in [0.15, 0.2) is 11.5 Å². The third kappa shape index (κ3) is 3.82. The Morgan fingerprint density at radius 1 is 0.960 bits per heavy atom. The van der Waals surface area contributed by atoms with Crippen LogP contribution in [0.5, 0.6) is 11.5 Å². The fraction of sp³-hybridized carbons (Fsp3) is 0.455. The van der Waals surface area contributed by atoms with Crippen molar-refractivity contribution in [2.45, 2.75) is 51.5 Å². The van der Waals surface area contributed by atoms with E-state index in [-0.39, 0.29) is 17.4 Å². The Morgan fingerprint density at radius 3 is 2.24 bits per heavy atom. The summed E-state index contributed by atoms with van der Waals surface area (Å²) in [4.78, 5) is 2.60. The van der Waals surface area contributed by atoms with Crippen LogP contribution in [0.1, 0.15) is 55.7 Å². The molecule has 1 aliphatic rings. The Balaban J connectivity index is 2.00. The van der Waals surface area contributed by atoms with E-state index < -0.39 is 0 Å². The van der Waals surface area contributed by atoms with E-state index in [4.69, 9.17) is 0 Å². The SMILES string of the molecule is CCCN(CCC)[C@H]1Cc2cc(O)c(O)cc2[C@@H](c2ccccc2)C1. The number of aromatic hydroxyl groups is 2. The number of rotatable bonds is 6. The van der Waals surface area contributed by atoms with Crippen LogP contribution >= 0.6 is 0 Å². The molecule has 2 aromatic carbocycles. The summed E-state index contributed by atoms with van der Waals surface area (Å²) in [6.45, 7) is 6.69. The van der Waals surface area contributed by atoms with Crippen LogP contribution in [0.15, 0.2) is 42.5 Å². The Bertz CT molecular complexity index is 693. The molecule has 3 rings (SSSR count). The van der Waals surface area contributed by atoms with Crippen molar-refractivity contribution in [3.8, 4) is 11.5 Å². The average Bonchev–Trinajstić information content (AvgIpc) is 2.62. The zero-order valence-corrected chi connectivity index (χ0v) is 15.3. The third-order valence-corrected chi connectivity index (χ3v) is 5.32. The molecule has 0 unspecified atom stereocenters. The molecule has 0 heterocycles. The maximum absolute atomic E-state index is 10.0. The van der Waals surface area contributed by atoms with Crippen LogP contribution in [0.25, 0.3) is 0 Å². The summed E-state index contributed by atoms with van der Waals surface area (Å²) in [6.07, 6.45) is 4.30. The van der Waals surface area contributed by atoms with Gasteiger partial charge in [0.2, 0.25) is 0 Å². The van der Waals surface area contributed by atoms with Crippen molar-refractivity contribution in [3.05, 3.63) is 59.2 Å². The molecule has 3 heteroatoms. The van der Waals surface area contributed by atoms with Crippen molar-refractivity contribution in [2.75, 3.05) is 13.1 Å². The summed E-state index contributed by atoms with van der Waals surface area (Å²) in [7, 11) is 0. The molecule has 0 amide bonds. The minimum atomic E-state index is -0.0166. The molecule has 134 valence electrons.